The Morgan fingerprint density at radius 1 is 1.33 bits per heavy atom. The number of amides is 1. The van der Waals surface area contributed by atoms with Crippen LogP contribution in [0, 0.1) is 0 Å². The second-order valence-electron chi connectivity index (χ2n) is 3.41. The molecule has 1 aliphatic heterocycles. The minimum atomic E-state index is -4.87. The van der Waals surface area contributed by atoms with Crippen LogP contribution in [0.1, 0.15) is 0 Å². The fourth-order valence-electron chi connectivity index (χ4n) is 1.44. The molecule has 0 fully saturated rings. The molecule has 9 heteroatoms. The fourth-order valence-corrected chi connectivity index (χ4v) is 3.16. The molecule has 18 heavy (non-hydrogen) atoms. The highest BCUT2D eigenvalue weighted by Crippen LogP contribution is 2.31. The Morgan fingerprint density at radius 3 is 2.61 bits per heavy atom. The smallest absolute Gasteiger partial charge is 0.324 e. The summed E-state index contributed by atoms with van der Waals surface area (Å²) in [5.74, 6) is -0.773. The van der Waals surface area contributed by atoms with E-state index in [1.54, 1.807) is 0 Å². The monoisotopic (exact) mass is 297 g/mol. The molecule has 0 saturated heterocycles. The minimum absolute atomic E-state index is 0.0136. The van der Waals surface area contributed by atoms with Gasteiger partial charge in [0.1, 0.15) is 5.75 Å². The first-order valence-corrected chi connectivity index (χ1v) is 7.07. The van der Waals surface area contributed by atoms with Gasteiger partial charge in [-0.25, -0.2) is 4.21 Å². The normalized spacial score (nSPS) is 21.1. The molecule has 2 unspecified atom stereocenters. The van der Waals surface area contributed by atoms with Crippen molar-refractivity contribution in [2.45, 2.75) is 15.3 Å². The summed E-state index contributed by atoms with van der Waals surface area (Å²) in [7, 11) is -4.75. The molecule has 0 bridgehead atoms. The Labute approximate surface area is 104 Å². The maximum Gasteiger partial charge on any atom is 0.475 e. The highest BCUT2D eigenvalue weighted by molar-refractivity contribution is 7.86. The number of hydrogen-bond donors (Lipinski definition) is 1. The number of benzene rings is 1. The molecule has 4 nitrogen and oxygen atoms in total. The first-order chi connectivity index (χ1) is 8.29. The van der Waals surface area contributed by atoms with Crippen molar-refractivity contribution >= 4 is 33.2 Å². The van der Waals surface area contributed by atoms with E-state index < -0.39 is 37.9 Å². The second kappa shape index (κ2) is 4.47. The summed E-state index contributed by atoms with van der Waals surface area (Å²) in [5.41, 5.74) is -4.86. The first kappa shape index (κ1) is 13.2. The molecule has 0 aromatic heterocycles. The van der Waals surface area contributed by atoms with Gasteiger partial charge >= 0.3 is 5.51 Å². The highest BCUT2D eigenvalue weighted by Gasteiger charge is 2.38. The standard InChI is InChI=1S/C9H6F3NO3S2/c10-9(11,12)18(16)5-1-2-7-6(3-5)13-8(14)4-17(7)15/h1-3H,4H2,(H,13,14). The van der Waals surface area contributed by atoms with Gasteiger partial charge in [-0.3, -0.25) is 9.00 Å². The molecule has 0 aliphatic carbocycles. The van der Waals surface area contributed by atoms with Crippen LogP contribution in [0.15, 0.2) is 28.0 Å². The van der Waals surface area contributed by atoms with E-state index in [1.165, 1.54) is 6.07 Å². The minimum Gasteiger partial charge on any atom is -0.324 e. The highest BCUT2D eigenvalue weighted by atomic mass is 32.2. The second-order valence-corrected chi connectivity index (χ2v) is 6.30. The molecule has 2 rings (SSSR count). The predicted molar refractivity (Wildman–Crippen MR) is 58.8 cm³/mol. The van der Waals surface area contributed by atoms with Gasteiger partial charge in [-0.2, -0.15) is 13.2 Å². The Hall–Kier alpha value is -1.22. The Kier molecular flexibility index (Phi) is 3.28. The van der Waals surface area contributed by atoms with Gasteiger partial charge in [0.15, 0.2) is 10.8 Å². The maximum absolute atomic E-state index is 12.3. The molecule has 1 aliphatic rings. The van der Waals surface area contributed by atoms with Crippen LogP contribution >= 0.6 is 0 Å². The van der Waals surface area contributed by atoms with Gasteiger partial charge in [0.05, 0.1) is 26.3 Å². The van der Waals surface area contributed by atoms with Crippen molar-refractivity contribution in [3.8, 4) is 0 Å². The molecule has 0 saturated carbocycles. The lowest BCUT2D eigenvalue weighted by Gasteiger charge is -2.17. The van der Waals surface area contributed by atoms with Crippen LogP contribution in [-0.4, -0.2) is 25.6 Å². The van der Waals surface area contributed by atoms with E-state index in [-0.39, 0.29) is 16.3 Å². The zero-order chi connectivity index (χ0) is 13.5. The van der Waals surface area contributed by atoms with Gasteiger partial charge in [-0.1, -0.05) is 0 Å². The van der Waals surface area contributed by atoms with Crippen LogP contribution in [0.5, 0.6) is 0 Å². The van der Waals surface area contributed by atoms with Gasteiger partial charge in [0, 0.05) is 0 Å². The van der Waals surface area contributed by atoms with Crippen LogP contribution in [0.3, 0.4) is 0 Å². The van der Waals surface area contributed by atoms with Gasteiger partial charge in [-0.05, 0) is 18.2 Å². The summed E-state index contributed by atoms with van der Waals surface area (Å²) < 4.78 is 59.5. The molecule has 1 heterocycles. The largest absolute Gasteiger partial charge is 0.475 e. The van der Waals surface area contributed by atoms with Gasteiger partial charge in [0.25, 0.3) is 0 Å². The van der Waals surface area contributed by atoms with Crippen molar-refractivity contribution in [3.63, 3.8) is 0 Å². The summed E-state index contributed by atoms with van der Waals surface area (Å²) in [5, 5.41) is 2.30. The van der Waals surface area contributed by atoms with E-state index in [4.69, 9.17) is 0 Å². The summed E-state index contributed by atoms with van der Waals surface area (Å²) >= 11 is 0. The van der Waals surface area contributed by atoms with E-state index in [9.17, 15) is 26.4 Å². The van der Waals surface area contributed by atoms with Crippen LogP contribution in [-0.2, 0) is 26.4 Å². The molecule has 1 amide bonds. The number of nitrogens with one attached hydrogen (secondary N) is 1. The van der Waals surface area contributed by atoms with Gasteiger partial charge < -0.3 is 5.32 Å². The average molecular weight is 297 g/mol. The number of carbonyl (C=O) groups is 1. The zero-order valence-electron chi connectivity index (χ0n) is 8.61. The Morgan fingerprint density at radius 2 is 2.00 bits per heavy atom. The van der Waals surface area contributed by atoms with Crippen molar-refractivity contribution in [1.29, 1.82) is 0 Å². The SMILES string of the molecule is O=C1CS(=O)c2ccc(S(=O)C(F)(F)F)cc2N1. The van der Waals surface area contributed by atoms with E-state index in [1.807, 2.05) is 0 Å². The number of carbonyl (C=O) groups excluding carboxylic acids is 1. The van der Waals surface area contributed by atoms with E-state index in [0.717, 1.165) is 12.1 Å². The fraction of sp³-hybridized carbons (Fsp3) is 0.222. The van der Waals surface area contributed by atoms with Crippen molar-refractivity contribution in [2.24, 2.45) is 0 Å². The quantitative estimate of drug-likeness (QED) is 0.851. The van der Waals surface area contributed by atoms with E-state index in [2.05, 4.69) is 5.32 Å². The molecular weight excluding hydrogens is 291 g/mol. The molecule has 2 atom stereocenters. The lowest BCUT2D eigenvalue weighted by Crippen LogP contribution is -2.26. The number of alkyl halides is 3. The summed E-state index contributed by atoms with van der Waals surface area (Å²) in [6.45, 7) is 0. The van der Waals surface area contributed by atoms with Crippen LogP contribution in [0.4, 0.5) is 18.9 Å². The molecular formula is C9H6F3NO3S2. The number of anilines is 1. The predicted octanol–water partition coefficient (Wildman–Crippen LogP) is 1.37. The zero-order valence-corrected chi connectivity index (χ0v) is 10.2. The van der Waals surface area contributed by atoms with Crippen LogP contribution in [0.25, 0.3) is 0 Å². The van der Waals surface area contributed by atoms with Crippen LogP contribution in [0.2, 0.25) is 0 Å². The third-order valence-electron chi connectivity index (χ3n) is 2.16. The van der Waals surface area contributed by atoms with Gasteiger partial charge in [-0.15, -0.1) is 0 Å². The lowest BCUT2D eigenvalue weighted by atomic mass is 10.3. The summed E-state index contributed by atoms with van der Waals surface area (Å²) in [4.78, 5) is 10.9. The average Bonchev–Trinajstić information content (AvgIpc) is 2.25. The van der Waals surface area contributed by atoms with Crippen LogP contribution < -0.4 is 5.32 Å². The molecule has 1 N–H and O–H groups in total. The van der Waals surface area contributed by atoms with E-state index in [0.29, 0.717) is 0 Å². The Bertz CT molecular complexity index is 571. The molecule has 0 spiro atoms. The van der Waals surface area contributed by atoms with Crippen molar-refractivity contribution < 1.29 is 26.4 Å². The topological polar surface area (TPSA) is 63.2 Å². The third-order valence-corrected chi connectivity index (χ3v) is 4.63. The number of halogens is 3. The maximum atomic E-state index is 12.3. The lowest BCUT2D eigenvalue weighted by molar-refractivity contribution is -0.114. The molecule has 1 aromatic rings. The van der Waals surface area contributed by atoms with Crippen molar-refractivity contribution in [2.75, 3.05) is 11.1 Å². The molecule has 98 valence electrons. The summed E-state index contributed by atoms with van der Waals surface area (Å²) in [6.07, 6.45) is 0. The van der Waals surface area contributed by atoms with Gasteiger partial charge in [0.2, 0.25) is 5.91 Å². The molecule has 0 radical (unpaired) electrons. The number of rotatable bonds is 1. The third kappa shape index (κ3) is 2.46. The Balaban J connectivity index is 2.45. The van der Waals surface area contributed by atoms with Crippen molar-refractivity contribution in [1.82, 2.24) is 0 Å². The number of fused-ring (bicyclic) bond motifs is 1. The summed E-state index contributed by atoms with van der Waals surface area (Å²) in [6, 6.07) is 3.12. The first-order valence-electron chi connectivity index (χ1n) is 4.60. The van der Waals surface area contributed by atoms with E-state index >= 15 is 0 Å². The number of hydrogen-bond acceptors (Lipinski definition) is 3. The van der Waals surface area contributed by atoms with Crippen molar-refractivity contribution in [3.05, 3.63) is 18.2 Å². The molecule has 1 aromatic carbocycles.